The van der Waals surface area contributed by atoms with Gasteiger partial charge >= 0.3 is 0 Å². The van der Waals surface area contributed by atoms with Crippen molar-refractivity contribution in [3.8, 4) is 0 Å². The lowest BCUT2D eigenvalue weighted by Gasteiger charge is -2.59. The Hall–Kier alpha value is -1.01. The molecule has 0 radical (unpaired) electrons. The SMILES string of the molecule is CN(C12CC3CC(CC(C3)C1)C2)S(=O)(=O)c1ccc(F)cc1F. The second-order valence-corrected chi connectivity index (χ2v) is 9.63. The van der Waals surface area contributed by atoms with Crippen molar-refractivity contribution in [3.63, 3.8) is 0 Å². The lowest BCUT2D eigenvalue weighted by atomic mass is 9.53. The zero-order chi connectivity index (χ0) is 16.4. The summed E-state index contributed by atoms with van der Waals surface area (Å²) in [5.41, 5.74) is -0.381. The van der Waals surface area contributed by atoms with Crippen molar-refractivity contribution in [1.82, 2.24) is 4.31 Å². The van der Waals surface area contributed by atoms with Crippen LogP contribution >= 0.6 is 0 Å². The van der Waals surface area contributed by atoms with Gasteiger partial charge in [-0.05, 0) is 68.4 Å². The first-order valence-corrected chi connectivity index (χ1v) is 9.68. The van der Waals surface area contributed by atoms with Crippen LogP contribution < -0.4 is 0 Å². The Morgan fingerprint density at radius 2 is 1.57 bits per heavy atom. The number of rotatable bonds is 3. The average molecular weight is 341 g/mol. The summed E-state index contributed by atoms with van der Waals surface area (Å²) in [6.07, 6.45) is 6.24. The molecule has 0 atom stereocenters. The summed E-state index contributed by atoms with van der Waals surface area (Å²) in [4.78, 5) is -0.419. The van der Waals surface area contributed by atoms with Gasteiger partial charge in [-0.2, -0.15) is 4.31 Å². The summed E-state index contributed by atoms with van der Waals surface area (Å²) < 4.78 is 54.4. The van der Waals surface area contributed by atoms with Crippen LogP contribution in [0.4, 0.5) is 8.78 Å². The predicted octanol–water partition coefficient (Wildman–Crippen LogP) is 3.55. The highest BCUT2D eigenvalue weighted by atomic mass is 32.2. The normalized spacial score (nSPS) is 35.9. The number of hydrogen-bond acceptors (Lipinski definition) is 2. The molecule has 4 fully saturated rings. The average Bonchev–Trinajstić information content (AvgIpc) is 2.44. The molecule has 4 aliphatic carbocycles. The summed E-state index contributed by atoms with van der Waals surface area (Å²) >= 11 is 0. The van der Waals surface area contributed by atoms with E-state index in [1.54, 1.807) is 7.05 Å². The highest BCUT2D eigenvalue weighted by Crippen LogP contribution is 2.58. The number of nitrogens with zero attached hydrogens (tertiary/aromatic N) is 1. The van der Waals surface area contributed by atoms with Crippen LogP contribution in [0.2, 0.25) is 0 Å². The quantitative estimate of drug-likeness (QED) is 0.843. The van der Waals surface area contributed by atoms with Crippen molar-refractivity contribution in [3.05, 3.63) is 29.8 Å². The minimum absolute atomic E-state index is 0.381. The monoisotopic (exact) mass is 341 g/mol. The van der Waals surface area contributed by atoms with Gasteiger partial charge in [0.05, 0.1) is 0 Å². The Labute approximate surface area is 135 Å². The Morgan fingerprint density at radius 1 is 1.04 bits per heavy atom. The first-order chi connectivity index (χ1) is 10.8. The first-order valence-electron chi connectivity index (χ1n) is 8.24. The smallest absolute Gasteiger partial charge is 0.207 e. The third kappa shape index (κ3) is 2.33. The largest absolute Gasteiger partial charge is 0.246 e. The number of benzene rings is 1. The summed E-state index contributed by atoms with van der Waals surface area (Å²) in [7, 11) is -2.38. The molecule has 4 aliphatic rings. The van der Waals surface area contributed by atoms with Gasteiger partial charge < -0.3 is 0 Å². The maximum absolute atomic E-state index is 14.0. The number of hydrogen-bond donors (Lipinski definition) is 0. The molecule has 0 heterocycles. The van der Waals surface area contributed by atoms with Crippen LogP contribution in [0.3, 0.4) is 0 Å². The van der Waals surface area contributed by atoms with Crippen molar-refractivity contribution >= 4 is 10.0 Å². The standard InChI is InChI=1S/C17H21F2NO2S/c1-20(23(21,22)16-3-2-14(18)7-15(16)19)17-8-11-4-12(9-17)6-13(5-11)10-17/h2-3,7,11-13H,4-6,8-10H2,1H3. The summed E-state index contributed by atoms with van der Waals surface area (Å²) in [6.45, 7) is 0. The van der Waals surface area contributed by atoms with Gasteiger partial charge in [-0.3, -0.25) is 0 Å². The molecule has 0 N–H and O–H groups in total. The number of sulfonamides is 1. The Kier molecular flexibility index (Phi) is 3.37. The molecule has 0 spiro atoms. The van der Waals surface area contributed by atoms with Gasteiger partial charge in [-0.15, -0.1) is 0 Å². The molecule has 4 bridgehead atoms. The van der Waals surface area contributed by atoms with E-state index in [-0.39, 0.29) is 5.54 Å². The van der Waals surface area contributed by atoms with Gasteiger partial charge in [0.25, 0.3) is 0 Å². The predicted molar refractivity (Wildman–Crippen MR) is 82.2 cm³/mol. The second kappa shape index (κ2) is 4.99. The summed E-state index contributed by atoms with van der Waals surface area (Å²) in [6, 6.07) is 2.68. The molecule has 4 saturated carbocycles. The fourth-order valence-electron chi connectivity index (χ4n) is 5.54. The van der Waals surface area contributed by atoms with E-state index in [0.29, 0.717) is 23.8 Å². The van der Waals surface area contributed by atoms with Gasteiger partial charge in [-0.1, -0.05) is 0 Å². The fourth-order valence-corrected chi connectivity index (χ4v) is 7.11. The molecular weight excluding hydrogens is 320 g/mol. The third-order valence-electron chi connectivity index (χ3n) is 6.21. The number of halogens is 2. The van der Waals surface area contributed by atoms with E-state index in [0.717, 1.165) is 31.4 Å². The lowest BCUT2D eigenvalue weighted by molar-refractivity contribution is -0.0496. The maximum atomic E-state index is 14.0. The highest BCUT2D eigenvalue weighted by Gasteiger charge is 2.55. The lowest BCUT2D eigenvalue weighted by Crippen LogP contribution is -2.60. The van der Waals surface area contributed by atoms with E-state index < -0.39 is 26.6 Å². The van der Waals surface area contributed by atoms with Crippen molar-refractivity contribution in [1.29, 1.82) is 0 Å². The second-order valence-electron chi connectivity index (χ2n) is 7.69. The first kappa shape index (κ1) is 15.5. The van der Waals surface area contributed by atoms with E-state index in [1.807, 2.05) is 0 Å². The molecule has 0 unspecified atom stereocenters. The van der Waals surface area contributed by atoms with E-state index in [2.05, 4.69) is 0 Å². The Morgan fingerprint density at radius 3 is 2.04 bits per heavy atom. The molecule has 126 valence electrons. The van der Waals surface area contributed by atoms with Crippen LogP contribution in [0.5, 0.6) is 0 Å². The zero-order valence-corrected chi connectivity index (χ0v) is 14.0. The van der Waals surface area contributed by atoms with Crippen molar-refractivity contribution in [2.24, 2.45) is 17.8 Å². The molecule has 0 aliphatic heterocycles. The molecule has 0 amide bonds. The van der Waals surface area contributed by atoms with Crippen LogP contribution in [0, 0.1) is 29.4 Å². The summed E-state index contributed by atoms with van der Waals surface area (Å²) in [5, 5.41) is 0. The van der Waals surface area contributed by atoms with E-state index >= 15 is 0 Å². The zero-order valence-electron chi connectivity index (χ0n) is 13.1. The maximum Gasteiger partial charge on any atom is 0.246 e. The molecule has 6 heteroatoms. The Bertz CT molecular complexity index is 712. The topological polar surface area (TPSA) is 37.4 Å². The Balaban J connectivity index is 1.72. The van der Waals surface area contributed by atoms with Crippen LogP contribution in [0.15, 0.2) is 23.1 Å². The highest BCUT2D eigenvalue weighted by molar-refractivity contribution is 7.89. The van der Waals surface area contributed by atoms with Crippen molar-refractivity contribution < 1.29 is 17.2 Å². The molecule has 0 aromatic heterocycles. The van der Waals surface area contributed by atoms with Gasteiger partial charge in [0, 0.05) is 18.7 Å². The summed E-state index contributed by atoms with van der Waals surface area (Å²) in [5.74, 6) is 0.00591. The van der Waals surface area contributed by atoms with Crippen LogP contribution in [-0.2, 0) is 10.0 Å². The molecule has 1 aromatic rings. The molecule has 5 rings (SSSR count). The molecular formula is C17H21F2NO2S. The van der Waals surface area contributed by atoms with Crippen LogP contribution in [0.1, 0.15) is 38.5 Å². The minimum atomic E-state index is -3.96. The fraction of sp³-hybridized carbons (Fsp3) is 0.647. The van der Waals surface area contributed by atoms with Crippen molar-refractivity contribution in [2.75, 3.05) is 7.05 Å². The molecule has 0 saturated heterocycles. The van der Waals surface area contributed by atoms with E-state index in [1.165, 1.54) is 23.6 Å². The third-order valence-corrected chi connectivity index (χ3v) is 8.20. The van der Waals surface area contributed by atoms with Crippen LogP contribution in [0.25, 0.3) is 0 Å². The molecule has 1 aromatic carbocycles. The van der Waals surface area contributed by atoms with Gasteiger partial charge in [-0.25, -0.2) is 17.2 Å². The van der Waals surface area contributed by atoms with Gasteiger partial charge in [0.2, 0.25) is 10.0 Å². The van der Waals surface area contributed by atoms with Crippen molar-refractivity contribution in [2.45, 2.75) is 49.0 Å². The van der Waals surface area contributed by atoms with E-state index in [4.69, 9.17) is 0 Å². The molecule has 3 nitrogen and oxygen atoms in total. The molecule has 23 heavy (non-hydrogen) atoms. The van der Waals surface area contributed by atoms with Crippen LogP contribution in [-0.4, -0.2) is 25.3 Å². The van der Waals surface area contributed by atoms with Gasteiger partial charge in [0.1, 0.15) is 16.5 Å². The van der Waals surface area contributed by atoms with E-state index in [9.17, 15) is 17.2 Å². The minimum Gasteiger partial charge on any atom is -0.207 e. The van der Waals surface area contributed by atoms with Gasteiger partial charge in [0.15, 0.2) is 0 Å².